The fourth-order valence-electron chi connectivity index (χ4n) is 5.01. The van der Waals surface area contributed by atoms with Crippen molar-refractivity contribution in [1.29, 1.82) is 0 Å². The van der Waals surface area contributed by atoms with E-state index in [0.717, 1.165) is 44.9 Å². The highest BCUT2D eigenvalue weighted by Gasteiger charge is 2.28. The molecule has 18 heteroatoms. The van der Waals surface area contributed by atoms with Crippen molar-refractivity contribution in [2.24, 2.45) is 0 Å². The van der Waals surface area contributed by atoms with Crippen molar-refractivity contribution >= 4 is 123 Å². The molecule has 3 N–H and O–H groups in total. The quantitative estimate of drug-likeness (QED) is 0.0505. The molecular formula is C43H59Cl5N3O9P. The summed E-state index contributed by atoms with van der Waals surface area (Å²) in [4.78, 5) is 49.7. The fraction of sp³-hybridized carbons (Fsp3) is 0.349. The number of aldehydes is 1. The van der Waals surface area contributed by atoms with Gasteiger partial charge in [0.2, 0.25) is 5.91 Å². The Hall–Kier alpha value is -3.84. The number of aromatic amines is 2. The zero-order valence-electron chi connectivity index (χ0n) is 30.7. The summed E-state index contributed by atoms with van der Waals surface area (Å²) >= 11 is 29.3. The maximum atomic E-state index is 11.8. The summed E-state index contributed by atoms with van der Waals surface area (Å²) in [5.41, 5.74) is 4.71. The van der Waals surface area contributed by atoms with Crippen molar-refractivity contribution in [1.82, 2.24) is 9.97 Å². The lowest BCUT2D eigenvalue weighted by Gasteiger charge is -2.15. The number of carbonyl (C=O) groups is 4. The van der Waals surface area contributed by atoms with E-state index >= 15 is 0 Å². The Labute approximate surface area is 385 Å². The van der Waals surface area contributed by atoms with Crippen molar-refractivity contribution < 1.29 is 42.3 Å². The molecule has 340 valence electrons. The summed E-state index contributed by atoms with van der Waals surface area (Å²) in [6.45, 7) is 7.93. The van der Waals surface area contributed by atoms with Crippen molar-refractivity contribution in [2.45, 2.75) is 71.2 Å². The van der Waals surface area contributed by atoms with E-state index in [0.29, 0.717) is 44.0 Å². The molecule has 1 amide bonds. The van der Waals surface area contributed by atoms with E-state index in [1.807, 2.05) is 12.1 Å². The Morgan fingerprint density at radius 3 is 1.66 bits per heavy atom. The minimum atomic E-state index is -3.28. The predicted molar refractivity (Wildman–Crippen MR) is 257 cm³/mol. The molecule has 3 heterocycles. The van der Waals surface area contributed by atoms with Gasteiger partial charge in [-0.25, -0.2) is 4.79 Å². The third-order valence-corrected chi connectivity index (χ3v) is 10.5. The Bertz CT molecular complexity index is 2230. The van der Waals surface area contributed by atoms with Crippen LogP contribution in [0.15, 0.2) is 60.7 Å². The molecule has 6 rings (SSSR count). The predicted octanol–water partition coefficient (Wildman–Crippen LogP) is 14.2. The Morgan fingerprint density at radius 2 is 1.16 bits per heavy atom. The summed E-state index contributed by atoms with van der Waals surface area (Å²) in [5.74, 6) is -0.906. The smallest absolute Gasteiger partial charge is 0.341 e. The van der Waals surface area contributed by atoms with Crippen LogP contribution >= 0.6 is 65.6 Å². The van der Waals surface area contributed by atoms with E-state index in [1.165, 1.54) is 6.08 Å². The zero-order valence-corrected chi connectivity index (χ0v) is 35.4. The molecule has 3 aromatic carbocycles. The molecule has 12 nitrogen and oxygen atoms in total. The monoisotopic (exact) mass is 967 g/mol. The molecule has 1 aliphatic rings. The second kappa shape index (κ2) is 30.2. The first kappa shape index (κ1) is 61.5. The average Bonchev–Trinajstić information content (AvgIpc) is 3.77. The van der Waals surface area contributed by atoms with E-state index in [4.69, 9.17) is 71.8 Å². The minimum Gasteiger partial charge on any atom is -0.466 e. The van der Waals surface area contributed by atoms with Crippen LogP contribution in [0.2, 0.25) is 25.4 Å². The molecule has 0 spiro atoms. The van der Waals surface area contributed by atoms with Gasteiger partial charge in [-0.15, -0.1) is 0 Å². The topological polar surface area (TPSA) is 166 Å². The van der Waals surface area contributed by atoms with E-state index < -0.39 is 19.5 Å². The normalized spacial score (nSPS) is 10.8. The lowest BCUT2D eigenvalue weighted by Crippen LogP contribution is -2.12. The van der Waals surface area contributed by atoms with Crippen molar-refractivity contribution in [3.05, 3.63) is 103 Å². The number of rotatable bonds is 11. The largest absolute Gasteiger partial charge is 0.466 e. The van der Waals surface area contributed by atoms with Gasteiger partial charge >= 0.3 is 19.5 Å². The van der Waals surface area contributed by atoms with Gasteiger partial charge in [0.15, 0.2) is 6.29 Å². The van der Waals surface area contributed by atoms with Crippen LogP contribution < -0.4 is 5.32 Å². The van der Waals surface area contributed by atoms with E-state index in [9.17, 15) is 23.7 Å². The van der Waals surface area contributed by atoms with Gasteiger partial charge in [-0.2, -0.15) is 0 Å². The molecule has 0 atom stereocenters. The van der Waals surface area contributed by atoms with Crippen LogP contribution in [0, 0.1) is 0 Å². The van der Waals surface area contributed by atoms with Crippen molar-refractivity contribution in [3.63, 3.8) is 0 Å². The van der Waals surface area contributed by atoms with E-state index in [2.05, 4.69) is 20.0 Å². The lowest BCUT2D eigenvalue weighted by atomic mass is 10.1. The molecule has 2 aromatic heterocycles. The second-order valence-corrected chi connectivity index (χ2v) is 15.3. The molecule has 0 fully saturated rings. The summed E-state index contributed by atoms with van der Waals surface area (Å²) in [7, 11) is -3.28. The first-order valence-electron chi connectivity index (χ1n) is 17.0. The molecule has 0 saturated heterocycles. The number of amides is 1. The molecule has 0 saturated carbocycles. The SMILES string of the molecule is C.C.C.C.C.CCOC(=O)/C=C/c1c(Cl)[nH]c2cc(Cl)ccc12.CCOC(=O)CP(=O)(OCC)OCC.O=C1Cc2ccc(Cl)cc2N1.O=Cc1c(Cl)[nH]c2cc(Cl)ccc12. The van der Waals surface area contributed by atoms with Crippen LogP contribution in [0.3, 0.4) is 0 Å². The van der Waals surface area contributed by atoms with Crippen molar-refractivity contribution in [3.8, 4) is 0 Å². The van der Waals surface area contributed by atoms with Crippen LogP contribution in [0.1, 0.15) is 86.3 Å². The molecule has 5 aromatic rings. The van der Waals surface area contributed by atoms with Crippen LogP contribution in [0.25, 0.3) is 27.9 Å². The minimum absolute atomic E-state index is 0. The number of anilines is 1. The summed E-state index contributed by atoms with van der Waals surface area (Å²) in [6, 6.07) is 16.1. The first-order chi connectivity index (χ1) is 26.7. The van der Waals surface area contributed by atoms with Gasteiger partial charge in [0.1, 0.15) is 16.5 Å². The number of H-pyrrole nitrogens is 2. The highest BCUT2D eigenvalue weighted by Crippen LogP contribution is 2.47. The number of esters is 2. The second-order valence-electron chi connectivity index (χ2n) is 11.2. The first-order valence-corrected chi connectivity index (χ1v) is 20.6. The van der Waals surface area contributed by atoms with Gasteiger partial charge in [-0.1, -0.05) is 113 Å². The lowest BCUT2D eigenvalue weighted by molar-refractivity contribution is -0.140. The maximum Gasteiger partial charge on any atom is 0.341 e. The van der Waals surface area contributed by atoms with Gasteiger partial charge in [-0.05, 0) is 75.7 Å². The molecule has 1 aliphatic heterocycles. The summed E-state index contributed by atoms with van der Waals surface area (Å²) in [5, 5.41) is 7.14. The Kier molecular flexibility index (Phi) is 30.5. The number of aromatic nitrogens is 2. The summed E-state index contributed by atoms with van der Waals surface area (Å²) < 4.78 is 31.1. The van der Waals surface area contributed by atoms with Gasteiger partial charge < -0.3 is 33.8 Å². The molecule has 0 unspecified atom stereocenters. The van der Waals surface area contributed by atoms with Gasteiger partial charge in [0.25, 0.3) is 0 Å². The number of nitrogens with one attached hydrogen (secondary N) is 3. The van der Waals surface area contributed by atoms with Crippen molar-refractivity contribution in [2.75, 3.05) is 37.9 Å². The third-order valence-electron chi connectivity index (χ3n) is 7.27. The average molecular weight is 970 g/mol. The van der Waals surface area contributed by atoms with Gasteiger partial charge in [-0.3, -0.25) is 18.9 Å². The van der Waals surface area contributed by atoms with Crippen LogP contribution in [-0.2, 0) is 43.9 Å². The highest BCUT2D eigenvalue weighted by atomic mass is 35.5. The Balaban J connectivity index is -0.000000725. The van der Waals surface area contributed by atoms with Crippen LogP contribution in [0.5, 0.6) is 0 Å². The standard InChI is InChI=1S/C13H11Cl2NO2.C9H5Cl2NO.C8H6ClNO.C8H17O5P.5CH4/c1-2-18-12(17)6-5-10-9-4-3-8(14)7-11(9)16-13(10)15;10-5-1-2-6-7(4-13)9(11)12-8(6)3-5;9-6-2-1-5-3-8(11)10-7(5)4-6;1-4-11-8(9)7-14(10,12-5-2)13-6-3;;;;;/h3-7,16H,2H2,1H3;1-4,12H;1-2,4H,3H2,(H,10,11);4-7H2,1-3H3;5*1H4/b6-5+;;;;;;;;. The van der Waals surface area contributed by atoms with Crippen LogP contribution in [0.4, 0.5) is 5.69 Å². The summed E-state index contributed by atoms with van der Waals surface area (Å²) in [6.07, 6.45) is 3.88. The number of halogens is 5. The number of carbonyl (C=O) groups excluding carboxylic acids is 4. The maximum absolute atomic E-state index is 11.8. The van der Waals surface area contributed by atoms with E-state index in [-0.39, 0.29) is 69.0 Å². The highest BCUT2D eigenvalue weighted by molar-refractivity contribution is 7.54. The fourth-order valence-corrected chi connectivity index (χ4v) is 7.49. The zero-order chi connectivity index (χ0) is 41.4. The van der Waals surface area contributed by atoms with Gasteiger partial charge in [0.05, 0.1) is 38.4 Å². The van der Waals surface area contributed by atoms with E-state index in [1.54, 1.807) is 76.2 Å². The van der Waals surface area contributed by atoms with Crippen LogP contribution in [-0.4, -0.2) is 66.7 Å². The molecule has 61 heavy (non-hydrogen) atoms. The number of ether oxygens (including phenoxy) is 2. The number of hydrogen-bond donors (Lipinski definition) is 3. The number of benzene rings is 3. The number of fused-ring (bicyclic) bond motifs is 3. The molecule has 0 bridgehead atoms. The molecular weight excluding hydrogens is 911 g/mol. The van der Waals surface area contributed by atoms with Gasteiger partial charge in [0, 0.05) is 54.2 Å². The third kappa shape index (κ3) is 19.0. The molecule has 0 radical (unpaired) electrons. The Morgan fingerprint density at radius 1 is 0.689 bits per heavy atom. The number of hydrogen-bond acceptors (Lipinski definition) is 9. The molecule has 0 aliphatic carbocycles.